The molecule has 0 spiro atoms. The van der Waals surface area contributed by atoms with E-state index in [1.807, 2.05) is 18.2 Å². The van der Waals surface area contributed by atoms with Gasteiger partial charge in [0.15, 0.2) is 5.76 Å². The van der Waals surface area contributed by atoms with Crippen LogP contribution in [0.3, 0.4) is 0 Å². The van der Waals surface area contributed by atoms with E-state index in [2.05, 4.69) is 26.6 Å². The number of halogens is 1. The van der Waals surface area contributed by atoms with Gasteiger partial charge in [-0.3, -0.25) is 4.79 Å². The lowest BCUT2D eigenvalue weighted by Gasteiger charge is -2.23. The van der Waals surface area contributed by atoms with Crippen molar-refractivity contribution in [3.8, 4) is 0 Å². The lowest BCUT2D eigenvalue weighted by molar-refractivity contribution is 0.0903. The first kappa shape index (κ1) is 12.7. The summed E-state index contributed by atoms with van der Waals surface area (Å²) in [7, 11) is 0. The molecule has 19 heavy (non-hydrogen) atoms. The quantitative estimate of drug-likeness (QED) is 0.893. The van der Waals surface area contributed by atoms with Crippen LogP contribution >= 0.6 is 15.9 Å². The number of furan rings is 1. The fourth-order valence-electron chi connectivity index (χ4n) is 2.35. The Labute approximate surface area is 119 Å². The fraction of sp³-hybridized carbons (Fsp3) is 0.357. The first-order valence-electron chi connectivity index (χ1n) is 6.43. The first-order valence-corrected chi connectivity index (χ1v) is 7.22. The van der Waals surface area contributed by atoms with E-state index in [1.165, 1.54) is 0 Å². The van der Waals surface area contributed by atoms with Gasteiger partial charge in [-0.1, -0.05) is 15.9 Å². The van der Waals surface area contributed by atoms with E-state index in [9.17, 15) is 4.79 Å². The van der Waals surface area contributed by atoms with Gasteiger partial charge < -0.3 is 15.1 Å². The molecule has 1 aliphatic heterocycles. The fourth-order valence-corrected chi connectivity index (χ4v) is 2.73. The molecule has 0 aliphatic carbocycles. The normalized spacial score (nSPS) is 16.7. The third-order valence-electron chi connectivity index (χ3n) is 3.38. The highest BCUT2D eigenvalue weighted by Gasteiger charge is 2.18. The molecule has 0 radical (unpaired) electrons. The average Bonchev–Trinajstić information content (AvgIpc) is 2.83. The molecular weight excluding hydrogens is 308 g/mol. The maximum absolute atomic E-state index is 12.1. The summed E-state index contributed by atoms with van der Waals surface area (Å²) in [5, 5.41) is 7.24. The lowest BCUT2D eigenvalue weighted by Crippen LogP contribution is -2.42. The molecule has 2 N–H and O–H groups in total. The Morgan fingerprint density at radius 3 is 2.89 bits per heavy atom. The average molecular weight is 323 g/mol. The van der Waals surface area contributed by atoms with Crippen molar-refractivity contribution in [3.05, 3.63) is 34.5 Å². The van der Waals surface area contributed by atoms with E-state index < -0.39 is 0 Å². The van der Waals surface area contributed by atoms with Crippen LogP contribution in [0.1, 0.15) is 23.4 Å². The Bertz CT molecular complexity index is 603. The highest BCUT2D eigenvalue weighted by Crippen LogP contribution is 2.23. The number of nitrogens with one attached hydrogen (secondary N) is 2. The largest absolute Gasteiger partial charge is 0.451 e. The third-order valence-corrected chi connectivity index (χ3v) is 3.87. The summed E-state index contributed by atoms with van der Waals surface area (Å²) in [6, 6.07) is 7.74. The third kappa shape index (κ3) is 2.82. The van der Waals surface area contributed by atoms with Crippen molar-refractivity contribution in [2.75, 3.05) is 13.1 Å². The van der Waals surface area contributed by atoms with Crippen LogP contribution < -0.4 is 10.6 Å². The predicted octanol–water partition coefficient (Wildman–Crippen LogP) is 2.68. The molecule has 1 aromatic carbocycles. The molecule has 0 atom stereocenters. The number of piperidine rings is 1. The Hall–Kier alpha value is -1.33. The molecule has 1 aliphatic rings. The number of hydrogen-bond acceptors (Lipinski definition) is 3. The molecule has 5 heteroatoms. The van der Waals surface area contributed by atoms with Gasteiger partial charge in [-0.05, 0) is 50.2 Å². The number of carbonyl (C=O) groups is 1. The highest BCUT2D eigenvalue weighted by atomic mass is 79.9. The van der Waals surface area contributed by atoms with Gasteiger partial charge in [0, 0.05) is 15.9 Å². The summed E-state index contributed by atoms with van der Waals surface area (Å²) in [6.07, 6.45) is 1.94. The molecule has 100 valence electrons. The summed E-state index contributed by atoms with van der Waals surface area (Å²) in [5.74, 6) is 0.255. The van der Waals surface area contributed by atoms with Gasteiger partial charge in [0.25, 0.3) is 5.91 Å². The van der Waals surface area contributed by atoms with Crippen LogP contribution in [0.4, 0.5) is 0 Å². The van der Waals surface area contributed by atoms with E-state index in [0.717, 1.165) is 41.4 Å². The van der Waals surface area contributed by atoms with Crippen LogP contribution in [0.2, 0.25) is 0 Å². The molecule has 0 bridgehead atoms. The number of amides is 1. The van der Waals surface area contributed by atoms with Gasteiger partial charge in [0.05, 0.1) is 0 Å². The molecule has 1 saturated heterocycles. The van der Waals surface area contributed by atoms with E-state index in [1.54, 1.807) is 6.07 Å². The zero-order valence-electron chi connectivity index (χ0n) is 10.4. The first-order chi connectivity index (χ1) is 9.22. The predicted molar refractivity (Wildman–Crippen MR) is 77.3 cm³/mol. The van der Waals surface area contributed by atoms with Crippen LogP contribution in [-0.4, -0.2) is 25.0 Å². The maximum atomic E-state index is 12.1. The van der Waals surface area contributed by atoms with Gasteiger partial charge >= 0.3 is 0 Å². The number of hydrogen-bond donors (Lipinski definition) is 2. The number of benzene rings is 1. The maximum Gasteiger partial charge on any atom is 0.287 e. The second-order valence-corrected chi connectivity index (χ2v) is 5.71. The zero-order chi connectivity index (χ0) is 13.2. The molecule has 1 fully saturated rings. The molecular formula is C14H15BrN2O2. The standard InChI is InChI=1S/C14H15BrN2O2/c15-10-1-2-12-9(7-10)8-13(19-12)14(18)17-11-3-5-16-6-4-11/h1-2,7-8,11,16H,3-6H2,(H,17,18). The van der Waals surface area contributed by atoms with Gasteiger partial charge in [0.2, 0.25) is 0 Å². The molecule has 1 aromatic heterocycles. The van der Waals surface area contributed by atoms with Crippen LogP contribution in [0.15, 0.2) is 33.2 Å². The van der Waals surface area contributed by atoms with Crippen LogP contribution in [0, 0.1) is 0 Å². The Balaban J connectivity index is 1.77. The molecule has 0 unspecified atom stereocenters. The minimum Gasteiger partial charge on any atom is -0.451 e. The van der Waals surface area contributed by atoms with Crippen molar-refractivity contribution in [1.29, 1.82) is 0 Å². The minimum atomic E-state index is -0.126. The molecule has 2 aromatic rings. The lowest BCUT2D eigenvalue weighted by atomic mass is 10.1. The SMILES string of the molecule is O=C(NC1CCNCC1)c1cc2cc(Br)ccc2o1. The smallest absolute Gasteiger partial charge is 0.287 e. The van der Waals surface area contributed by atoms with Gasteiger partial charge in [-0.2, -0.15) is 0 Å². The molecule has 4 nitrogen and oxygen atoms in total. The van der Waals surface area contributed by atoms with E-state index in [0.29, 0.717) is 5.76 Å². The summed E-state index contributed by atoms with van der Waals surface area (Å²) in [6.45, 7) is 1.91. The number of carbonyl (C=O) groups excluding carboxylic acids is 1. The molecule has 1 amide bonds. The van der Waals surface area contributed by atoms with Crippen molar-refractivity contribution in [2.45, 2.75) is 18.9 Å². The van der Waals surface area contributed by atoms with E-state index in [-0.39, 0.29) is 11.9 Å². The van der Waals surface area contributed by atoms with Crippen molar-refractivity contribution in [1.82, 2.24) is 10.6 Å². The Morgan fingerprint density at radius 1 is 1.32 bits per heavy atom. The number of rotatable bonds is 2. The van der Waals surface area contributed by atoms with Crippen molar-refractivity contribution in [2.24, 2.45) is 0 Å². The van der Waals surface area contributed by atoms with Crippen molar-refractivity contribution < 1.29 is 9.21 Å². The van der Waals surface area contributed by atoms with E-state index in [4.69, 9.17) is 4.42 Å². The van der Waals surface area contributed by atoms with Gasteiger partial charge in [0.1, 0.15) is 5.58 Å². The molecule has 2 heterocycles. The van der Waals surface area contributed by atoms with Crippen LogP contribution in [-0.2, 0) is 0 Å². The Kier molecular flexibility index (Phi) is 3.57. The summed E-state index contributed by atoms with van der Waals surface area (Å²) in [5.41, 5.74) is 0.735. The monoisotopic (exact) mass is 322 g/mol. The highest BCUT2D eigenvalue weighted by molar-refractivity contribution is 9.10. The number of fused-ring (bicyclic) bond motifs is 1. The van der Waals surface area contributed by atoms with Crippen LogP contribution in [0.25, 0.3) is 11.0 Å². The second-order valence-electron chi connectivity index (χ2n) is 4.79. The van der Waals surface area contributed by atoms with E-state index >= 15 is 0 Å². The van der Waals surface area contributed by atoms with Gasteiger partial charge in [-0.15, -0.1) is 0 Å². The summed E-state index contributed by atoms with van der Waals surface area (Å²) in [4.78, 5) is 12.1. The molecule has 0 saturated carbocycles. The van der Waals surface area contributed by atoms with Gasteiger partial charge in [-0.25, -0.2) is 0 Å². The van der Waals surface area contributed by atoms with Crippen molar-refractivity contribution in [3.63, 3.8) is 0 Å². The zero-order valence-corrected chi connectivity index (χ0v) is 12.0. The minimum absolute atomic E-state index is 0.126. The summed E-state index contributed by atoms with van der Waals surface area (Å²) < 4.78 is 6.56. The van der Waals surface area contributed by atoms with Crippen molar-refractivity contribution >= 4 is 32.8 Å². The van der Waals surface area contributed by atoms with Crippen LogP contribution in [0.5, 0.6) is 0 Å². The summed E-state index contributed by atoms with van der Waals surface area (Å²) >= 11 is 3.41. The topological polar surface area (TPSA) is 54.3 Å². The molecule has 3 rings (SSSR count). The second kappa shape index (κ2) is 5.35. The Morgan fingerprint density at radius 2 is 2.11 bits per heavy atom.